The lowest BCUT2D eigenvalue weighted by molar-refractivity contribution is -0.123. The van der Waals surface area contributed by atoms with E-state index in [0.717, 1.165) is 29.5 Å². The third-order valence-corrected chi connectivity index (χ3v) is 5.19. The molecular formula is C19H14F3NO3S. The molecule has 3 rings (SSSR count). The first-order chi connectivity index (χ1) is 12.8. The van der Waals surface area contributed by atoms with Crippen LogP contribution >= 0.6 is 11.3 Å². The zero-order valence-electron chi connectivity index (χ0n) is 14.3. The number of nitrogens with one attached hydrogen (secondary N) is 1. The van der Waals surface area contributed by atoms with Crippen LogP contribution in [-0.2, 0) is 9.53 Å². The number of amides is 1. The molecule has 140 valence electrons. The van der Waals surface area contributed by atoms with Gasteiger partial charge in [0.05, 0.1) is 0 Å². The number of benzene rings is 2. The van der Waals surface area contributed by atoms with E-state index < -0.39 is 41.1 Å². The van der Waals surface area contributed by atoms with Crippen molar-refractivity contribution in [2.75, 3.05) is 5.32 Å². The molecule has 0 saturated heterocycles. The number of anilines is 1. The Morgan fingerprint density at radius 3 is 2.26 bits per heavy atom. The van der Waals surface area contributed by atoms with Crippen molar-refractivity contribution in [2.45, 2.75) is 20.0 Å². The number of esters is 1. The van der Waals surface area contributed by atoms with E-state index in [1.165, 1.54) is 19.1 Å². The molecule has 1 atom stereocenters. The maximum absolute atomic E-state index is 14.0. The predicted octanol–water partition coefficient (Wildman–Crippen LogP) is 4.81. The number of fused-ring (bicyclic) bond motifs is 1. The molecule has 4 nitrogen and oxygen atoms in total. The summed E-state index contributed by atoms with van der Waals surface area (Å²) in [5, 5.41) is 2.38. The van der Waals surface area contributed by atoms with Gasteiger partial charge in [-0.25, -0.2) is 18.0 Å². The largest absolute Gasteiger partial charge is 0.448 e. The number of halogens is 3. The van der Waals surface area contributed by atoms with E-state index >= 15 is 0 Å². The number of thiophene rings is 1. The van der Waals surface area contributed by atoms with Gasteiger partial charge in [0.1, 0.15) is 28.0 Å². The third-order valence-electron chi connectivity index (χ3n) is 3.95. The highest BCUT2D eigenvalue weighted by Gasteiger charge is 2.24. The molecule has 27 heavy (non-hydrogen) atoms. The summed E-state index contributed by atoms with van der Waals surface area (Å²) in [6.07, 6.45) is -1.31. The molecule has 1 aromatic heterocycles. The van der Waals surface area contributed by atoms with Crippen molar-refractivity contribution in [3.05, 3.63) is 64.3 Å². The Hall–Kier alpha value is -2.87. The van der Waals surface area contributed by atoms with Gasteiger partial charge in [-0.05, 0) is 43.7 Å². The first-order valence-corrected chi connectivity index (χ1v) is 8.74. The Labute approximate surface area is 156 Å². The van der Waals surface area contributed by atoms with Gasteiger partial charge in [0, 0.05) is 10.1 Å². The molecule has 0 unspecified atom stereocenters. The summed E-state index contributed by atoms with van der Waals surface area (Å²) >= 11 is 1.04. The molecule has 0 bridgehead atoms. The number of ether oxygens (including phenoxy) is 1. The molecule has 3 aromatic rings. The van der Waals surface area contributed by atoms with Crippen molar-refractivity contribution >= 4 is 39.0 Å². The van der Waals surface area contributed by atoms with Crippen LogP contribution in [0.5, 0.6) is 0 Å². The van der Waals surface area contributed by atoms with E-state index in [4.69, 9.17) is 4.74 Å². The SMILES string of the molecule is Cc1c(C(=O)O[C@H](C)C(=O)Nc2c(F)cccc2F)sc2cccc(F)c12. The van der Waals surface area contributed by atoms with Gasteiger partial charge in [0.25, 0.3) is 5.91 Å². The van der Waals surface area contributed by atoms with Crippen LogP contribution in [0.25, 0.3) is 10.1 Å². The molecule has 1 amide bonds. The minimum Gasteiger partial charge on any atom is -0.448 e. The molecule has 0 aliphatic rings. The topological polar surface area (TPSA) is 55.4 Å². The van der Waals surface area contributed by atoms with E-state index in [2.05, 4.69) is 5.32 Å². The molecule has 1 N–H and O–H groups in total. The Kier molecular flexibility index (Phi) is 5.18. The average molecular weight is 393 g/mol. The number of carbonyl (C=O) groups excluding carboxylic acids is 2. The van der Waals surface area contributed by atoms with Crippen LogP contribution in [0.4, 0.5) is 18.9 Å². The molecule has 8 heteroatoms. The Bertz CT molecular complexity index is 1030. The fourth-order valence-corrected chi connectivity index (χ4v) is 3.66. The molecule has 0 fully saturated rings. The highest BCUT2D eigenvalue weighted by Crippen LogP contribution is 2.33. The number of rotatable bonds is 4. The first-order valence-electron chi connectivity index (χ1n) is 7.93. The minimum atomic E-state index is -1.31. The van der Waals surface area contributed by atoms with Crippen LogP contribution in [0.2, 0.25) is 0 Å². The predicted molar refractivity (Wildman–Crippen MR) is 96.4 cm³/mol. The van der Waals surface area contributed by atoms with Gasteiger partial charge in [-0.3, -0.25) is 4.79 Å². The summed E-state index contributed by atoms with van der Waals surface area (Å²) in [6.45, 7) is 2.85. The average Bonchev–Trinajstić information content (AvgIpc) is 2.96. The summed E-state index contributed by atoms with van der Waals surface area (Å²) in [7, 11) is 0. The summed E-state index contributed by atoms with van der Waals surface area (Å²) in [5.74, 6) is -4.06. The Morgan fingerprint density at radius 2 is 1.63 bits per heavy atom. The van der Waals surface area contributed by atoms with Gasteiger partial charge in [0.2, 0.25) is 0 Å². The quantitative estimate of drug-likeness (QED) is 0.647. The maximum atomic E-state index is 14.0. The molecule has 0 aliphatic carbocycles. The summed E-state index contributed by atoms with van der Waals surface area (Å²) in [4.78, 5) is 24.7. The highest BCUT2D eigenvalue weighted by atomic mass is 32.1. The maximum Gasteiger partial charge on any atom is 0.349 e. The van der Waals surface area contributed by atoms with E-state index in [1.807, 2.05) is 0 Å². The van der Waals surface area contributed by atoms with Crippen LogP contribution in [-0.4, -0.2) is 18.0 Å². The standard InChI is InChI=1S/C19H14F3NO3S/c1-9-15-11(20)5-4-8-14(15)27-17(9)19(25)26-10(2)18(24)23-16-12(21)6-3-7-13(16)22/h3-8,10H,1-2H3,(H,23,24)/t10-/m1/s1. The number of para-hydroxylation sites is 1. The van der Waals surface area contributed by atoms with Crippen LogP contribution in [0, 0.1) is 24.4 Å². The van der Waals surface area contributed by atoms with Gasteiger partial charge in [0.15, 0.2) is 6.10 Å². The molecule has 0 saturated carbocycles. The van der Waals surface area contributed by atoms with Gasteiger partial charge in [-0.1, -0.05) is 12.1 Å². The van der Waals surface area contributed by atoms with Crippen LogP contribution in [0.1, 0.15) is 22.2 Å². The lowest BCUT2D eigenvalue weighted by atomic mass is 10.1. The van der Waals surface area contributed by atoms with Crippen LogP contribution < -0.4 is 5.32 Å². The zero-order valence-corrected chi connectivity index (χ0v) is 15.1. The van der Waals surface area contributed by atoms with Crippen molar-refractivity contribution in [3.63, 3.8) is 0 Å². The van der Waals surface area contributed by atoms with E-state index in [0.29, 0.717) is 15.6 Å². The molecule has 2 aromatic carbocycles. The molecular weight excluding hydrogens is 379 g/mol. The molecule has 0 spiro atoms. The fraction of sp³-hybridized carbons (Fsp3) is 0.158. The van der Waals surface area contributed by atoms with Crippen molar-refractivity contribution in [1.82, 2.24) is 0 Å². The second-order valence-electron chi connectivity index (χ2n) is 5.80. The van der Waals surface area contributed by atoms with Crippen LogP contribution in [0.3, 0.4) is 0 Å². The van der Waals surface area contributed by atoms with E-state index in [9.17, 15) is 22.8 Å². The monoisotopic (exact) mass is 393 g/mol. The zero-order chi connectivity index (χ0) is 19.7. The summed E-state index contributed by atoms with van der Waals surface area (Å²) < 4.78 is 46.8. The fourth-order valence-electron chi connectivity index (χ4n) is 2.56. The van der Waals surface area contributed by atoms with Crippen molar-refractivity contribution < 1.29 is 27.5 Å². The third kappa shape index (κ3) is 3.66. The van der Waals surface area contributed by atoms with Crippen molar-refractivity contribution in [1.29, 1.82) is 0 Å². The second-order valence-corrected chi connectivity index (χ2v) is 6.85. The van der Waals surface area contributed by atoms with Gasteiger partial charge in [-0.2, -0.15) is 0 Å². The lowest BCUT2D eigenvalue weighted by Gasteiger charge is -2.14. The Morgan fingerprint density at radius 1 is 1.04 bits per heavy atom. The highest BCUT2D eigenvalue weighted by molar-refractivity contribution is 7.21. The first kappa shape index (κ1) is 18.9. The minimum absolute atomic E-state index is 0.159. The van der Waals surface area contributed by atoms with Crippen LogP contribution in [0.15, 0.2) is 36.4 Å². The number of hydrogen-bond donors (Lipinski definition) is 1. The molecule has 1 heterocycles. The number of aryl methyl sites for hydroxylation is 1. The molecule has 0 aliphatic heterocycles. The second kappa shape index (κ2) is 7.40. The summed E-state index contributed by atoms with van der Waals surface area (Å²) in [6, 6.07) is 7.63. The van der Waals surface area contributed by atoms with Crippen molar-refractivity contribution in [3.8, 4) is 0 Å². The normalized spacial score (nSPS) is 12.0. The number of carbonyl (C=O) groups is 2. The lowest BCUT2D eigenvalue weighted by Crippen LogP contribution is -2.30. The van der Waals surface area contributed by atoms with Gasteiger partial charge in [-0.15, -0.1) is 11.3 Å². The van der Waals surface area contributed by atoms with E-state index in [-0.39, 0.29) is 4.88 Å². The smallest absolute Gasteiger partial charge is 0.349 e. The summed E-state index contributed by atoms with van der Waals surface area (Å²) in [5.41, 5.74) is -0.212. The van der Waals surface area contributed by atoms with E-state index in [1.54, 1.807) is 13.0 Å². The van der Waals surface area contributed by atoms with Gasteiger partial charge >= 0.3 is 5.97 Å². The number of hydrogen-bond acceptors (Lipinski definition) is 4. The van der Waals surface area contributed by atoms with Gasteiger partial charge < -0.3 is 10.1 Å². The molecule has 0 radical (unpaired) electrons. The van der Waals surface area contributed by atoms with Crippen molar-refractivity contribution in [2.24, 2.45) is 0 Å². The Balaban J connectivity index is 1.77.